The third-order valence-electron chi connectivity index (χ3n) is 3.62. The van der Waals surface area contributed by atoms with Crippen molar-refractivity contribution in [3.63, 3.8) is 0 Å². The van der Waals surface area contributed by atoms with Crippen molar-refractivity contribution in [2.75, 3.05) is 13.2 Å². The predicted molar refractivity (Wildman–Crippen MR) is 74.7 cm³/mol. The third-order valence-corrected chi connectivity index (χ3v) is 3.62. The number of hydrogen-bond acceptors (Lipinski definition) is 2. The van der Waals surface area contributed by atoms with Crippen LogP contribution < -0.4 is 0 Å². The van der Waals surface area contributed by atoms with E-state index in [1.807, 2.05) is 6.92 Å². The van der Waals surface area contributed by atoms with E-state index in [0.29, 0.717) is 12.1 Å². The Labute approximate surface area is 118 Å². The zero-order chi connectivity index (χ0) is 14.5. The second-order valence-electron chi connectivity index (χ2n) is 4.85. The maximum Gasteiger partial charge on any atom is 0.255 e. The number of likely N-dealkylation sites (tertiary alicyclic amines) is 1. The molecule has 1 saturated heterocycles. The lowest BCUT2D eigenvalue weighted by atomic mass is 10.1. The van der Waals surface area contributed by atoms with Crippen LogP contribution in [0.5, 0.6) is 0 Å². The molecule has 0 aliphatic carbocycles. The highest BCUT2D eigenvalue weighted by Crippen LogP contribution is 2.23. The number of aliphatic hydroxyl groups excluding tert-OH is 1. The molecule has 1 aromatic rings. The number of hydrogen-bond donors (Lipinski definition) is 1. The van der Waals surface area contributed by atoms with Crippen LogP contribution in [0.15, 0.2) is 18.2 Å². The summed E-state index contributed by atoms with van der Waals surface area (Å²) in [5.74, 6) is 4.60. The molecule has 3 nitrogen and oxygen atoms in total. The van der Waals surface area contributed by atoms with E-state index in [0.717, 1.165) is 19.3 Å². The number of amides is 1. The van der Waals surface area contributed by atoms with Crippen LogP contribution in [0.3, 0.4) is 0 Å². The Kier molecular flexibility index (Phi) is 4.75. The van der Waals surface area contributed by atoms with E-state index in [1.54, 1.807) is 4.90 Å². The molecule has 20 heavy (non-hydrogen) atoms. The molecule has 1 aliphatic rings. The fraction of sp³-hybridized carbons (Fsp3) is 0.438. The molecule has 1 unspecified atom stereocenters. The Morgan fingerprint density at radius 1 is 1.55 bits per heavy atom. The average molecular weight is 275 g/mol. The second kappa shape index (κ2) is 6.53. The largest absolute Gasteiger partial charge is 0.384 e. The minimum Gasteiger partial charge on any atom is -0.384 e. The molecule has 0 spiro atoms. The van der Waals surface area contributed by atoms with Crippen molar-refractivity contribution in [1.82, 2.24) is 4.90 Å². The maximum atomic E-state index is 13.4. The number of benzene rings is 1. The van der Waals surface area contributed by atoms with Crippen LogP contribution in [0, 0.1) is 17.7 Å². The van der Waals surface area contributed by atoms with E-state index in [4.69, 9.17) is 5.11 Å². The van der Waals surface area contributed by atoms with Gasteiger partial charge in [0.15, 0.2) is 0 Å². The number of aliphatic hydroxyl groups is 1. The predicted octanol–water partition coefficient (Wildman–Crippen LogP) is 2.18. The van der Waals surface area contributed by atoms with Crippen molar-refractivity contribution in [1.29, 1.82) is 0 Å². The summed E-state index contributed by atoms with van der Waals surface area (Å²) in [5.41, 5.74) is 0.749. The molecular weight excluding hydrogens is 257 g/mol. The molecule has 2 rings (SSSR count). The summed E-state index contributed by atoms with van der Waals surface area (Å²) in [4.78, 5) is 14.4. The van der Waals surface area contributed by atoms with Crippen LogP contribution in [0.2, 0.25) is 0 Å². The number of nitrogens with zero attached hydrogens (tertiary/aromatic N) is 1. The fourth-order valence-electron chi connectivity index (χ4n) is 2.62. The van der Waals surface area contributed by atoms with Crippen LogP contribution in [0.1, 0.15) is 42.1 Å². The number of carbonyl (C=O) groups excluding carboxylic acids is 1. The second-order valence-corrected chi connectivity index (χ2v) is 4.85. The van der Waals surface area contributed by atoms with E-state index in [1.165, 1.54) is 18.2 Å². The highest BCUT2D eigenvalue weighted by atomic mass is 19.1. The molecular formula is C16H18FNO2. The quantitative estimate of drug-likeness (QED) is 0.840. The van der Waals surface area contributed by atoms with E-state index in [-0.39, 0.29) is 24.1 Å². The van der Waals surface area contributed by atoms with Crippen molar-refractivity contribution in [3.05, 3.63) is 35.1 Å². The van der Waals surface area contributed by atoms with Crippen LogP contribution in [0.25, 0.3) is 0 Å². The van der Waals surface area contributed by atoms with Gasteiger partial charge in [-0.15, -0.1) is 0 Å². The maximum absolute atomic E-state index is 13.4. The lowest BCUT2D eigenvalue weighted by Crippen LogP contribution is -2.35. The van der Waals surface area contributed by atoms with Gasteiger partial charge in [0.25, 0.3) is 5.91 Å². The van der Waals surface area contributed by atoms with Crippen LogP contribution in [0.4, 0.5) is 4.39 Å². The van der Waals surface area contributed by atoms with Gasteiger partial charge in [-0.3, -0.25) is 4.79 Å². The van der Waals surface area contributed by atoms with Gasteiger partial charge in [-0.2, -0.15) is 0 Å². The Bertz CT molecular complexity index is 559. The molecule has 1 aromatic carbocycles. The highest BCUT2D eigenvalue weighted by Gasteiger charge is 2.29. The van der Waals surface area contributed by atoms with Crippen molar-refractivity contribution in [3.8, 4) is 11.8 Å². The summed E-state index contributed by atoms with van der Waals surface area (Å²) in [7, 11) is 0. The Morgan fingerprint density at radius 3 is 3.05 bits per heavy atom. The zero-order valence-corrected chi connectivity index (χ0v) is 11.5. The first-order chi connectivity index (χ1) is 9.67. The molecule has 4 heteroatoms. The lowest BCUT2D eigenvalue weighted by molar-refractivity contribution is 0.0733. The first kappa shape index (κ1) is 14.5. The van der Waals surface area contributed by atoms with Crippen molar-refractivity contribution in [2.24, 2.45) is 0 Å². The van der Waals surface area contributed by atoms with Gasteiger partial charge in [-0.05, 0) is 37.5 Å². The van der Waals surface area contributed by atoms with Gasteiger partial charge in [0.05, 0.1) is 5.56 Å². The van der Waals surface area contributed by atoms with Gasteiger partial charge in [0.2, 0.25) is 0 Å². The summed E-state index contributed by atoms with van der Waals surface area (Å²) >= 11 is 0. The monoisotopic (exact) mass is 275 g/mol. The average Bonchev–Trinajstić information content (AvgIpc) is 2.93. The van der Waals surface area contributed by atoms with E-state index < -0.39 is 5.82 Å². The first-order valence-corrected chi connectivity index (χ1v) is 6.87. The molecule has 1 fully saturated rings. The Morgan fingerprint density at radius 2 is 2.35 bits per heavy atom. The van der Waals surface area contributed by atoms with Crippen LogP contribution >= 0.6 is 0 Å². The summed E-state index contributed by atoms with van der Waals surface area (Å²) in [6.45, 7) is 2.47. The SMILES string of the molecule is CCC1CCCN1C(=O)c1cc(F)ccc1C#CCO. The van der Waals surface area contributed by atoms with Crippen molar-refractivity contribution >= 4 is 5.91 Å². The van der Waals surface area contributed by atoms with Crippen molar-refractivity contribution in [2.45, 2.75) is 32.2 Å². The number of carbonyl (C=O) groups is 1. The van der Waals surface area contributed by atoms with Crippen LogP contribution in [-0.2, 0) is 0 Å². The molecule has 0 bridgehead atoms. The van der Waals surface area contributed by atoms with Gasteiger partial charge in [0, 0.05) is 18.2 Å². The highest BCUT2D eigenvalue weighted by molar-refractivity contribution is 5.97. The normalized spacial score (nSPS) is 17.8. The zero-order valence-electron chi connectivity index (χ0n) is 11.5. The van der Waals surface area contributed by atoms with E-state index >= 15 is 0 Å². The summed E-state index contributed by atoms with van der Waals surface area (Å²) in [6, 6.07) is 4.22. The summed E-state index contributed by atoms with van der Waals surface area (Å²) in [5, 5.41) is 8.76. The molecule has 0 saturated carbocycles. The molecule has 1 aliphatic heterocycles. The van der Waals surface area contributed by atoms with E-state index in [2.05, 4.69) is 11.8 Å². The van der Waals surface area contributed by atoms with E-state index in [9.17, 15) is 9.18 Å². The minimum absolute atomic E-state index is 0.170. The third kappa shape index (κ3) is 3.00. The summed E-state index contributed by atoms with van der Waals surface area (Å²) in [6.07, 6.45) is 2.88. The molecule has 1 N–H and O–H groups in total. The van der Waals surface area contributed by atoms with Gasteiger partial charge in [-0.25, -0.2) is 4.39 Å². The minimum atomic E-state index is -0.449. The smallest absolute Gasteiger partial charge is 0.255 e. The van der Waals surface area contributed by atoms with Crippen LogP contribution in [-0.4, -0.2) is 35.1 Å². The molecule has 1 atom stereocenters. The first-order valence-electron chi connectivity index (χ1n) is 6.87. The number of rotatable bonds is 2. The molecule has 1 amide bonds. The molecule has 106 valence electrons. The van der Waals surface area contributed by atoms with Gasteiger partial charge < -0.3 is 10.0 Å². The topological polar surface area (TPSA) is 40.5 Å². The fourth-order valence-corrected chi connectivity index (χ4v) is 2.62. The lowest BCUT2D eigenvalue weighted by Gasteiger charge is -2.24. The molecule has 0 aromatic heterocycles. The standard InChI is InChI=1S/C16H18FNO2/c1-2-14-6-3-9-18(14)16(20)15-11-13(17)8-7-12(15)5-4-10-19/h7-8,11,14,19H,2-3,6,9-10H2,1H3. The summed E-state index contributed by atoms with van der Waals surface area (Å²) < 4.78 is 13.4. The van der Waals surface area contributed by atoms with Gasteiger partial charge in [-0.1, -0.05) is 18.8 Å². The number of halogens is 1. The Balaban J connectivity index is 2.35. The molecule has 0 radical (unpaired) electrons. The van der Waals surface area contributed by atoms with Crippen molar-refractivity contribution < 1.29 is 14.3 Å². The molecule has 1 heterocycles. The van der Waals surface area contributed by atoms with Gasteiger partial charge in [0.1, 0.15) is 12.4 Å². The Hall–Kier alpha value is -1.86. The van der Waals surface area contributed by atoms with Gasteiger partial charge >= 0.3 is 0 Å².